The summed E-state index contributed by atoms with van der Waals surface area (Å²) in [6.07, 6.45) is 2.78. The van der Waals surface area contributed by atoms with Crippen molar-refractivity contribution >= 4 is 11.3 Å². The molecule has 4 heteroatoms. The molecule has 1 unspecified atom stereocenters. The molecule has 0 aliphatic rings. The van der Waals surface area contributed by atoms with Crippen LogP contribution in [-0.4, -0.2) is 4.98 Å². The van der Waals surface area contributed by atoms with Gasteiger partial charge in [0.1, 0.15) is 0 Å². The number of benzene rings is 1. The Morgan fingerprint density at radius 1 is 1.35 bits per heavy atom. The lowest BCUT2D eigenvalue weighted by Crippen LogP contribution is -2.29. The average molecular weight is 247 g/mol. The summed E-state index contributed by atoms with van der Waals surface area (Å²) in [7, 11) is 0. The van der Waals surface area contributed by atoms with Crippen molar-refractivity contribution in [2.75, 3.05) is 0 Å². The van der Waals surface area contributed by atoms with Gasteiger partial charge in [-0.1, -0.05) is 18.2 Å². The molecule has 1 aromatic heterocycles. The van der Waals surface area contributed by atoms with Gasteiger partial charge in [0.05, 0.1) is 11.6 Å². The van der Waals surface area contributed by atoms with Crippen LogP contribution in [0.4, 0.5) is 0 Å². The van der Waals surface area contributed by atoms with Crippen molar-refractivity contribution in [1.29, 1.82) is 0 Å². The molecule has 3 nitrogen and oxygen atoms in total. The van der Waals surface area contributed by atoms with Crippen LogP contribution in [0.3, 0.4) is 0 Å². The van der Waals surface area contributed by atoms with Crippen LogP contribution < -0.4 is 11.3 Å². The summed E-state index contributed by atoms with van der Waals surface area (Å²) in [5.74, 6) is 5.64. The molecule has 0 spiro atoms. The lowest BCUT2D eigenvalue weighted by molar-refractivity contribution is 0.557. The molecule has 0 bridgehead atoms. The number of thiazole rings is 1. The number of nitrogens with zero attached hydrogens (tertiary/aromatic N) is 1. The topological polar surface area (TPSA) is 50.9 Å². The van der Waals surface area contributed by atoms with Gasteiger partial charge in [-0.15, -0.1) is 11.3 Å². The predicted octanol–water partition coefficient (Wildman–Crippen LogP) is 2.51. The van der Waals surface area contributed by atoms with E-state index in [-0.39, 0.29) is 6.04 Å². The van der Waals surface area contributed by atoms with E-state index in [1.165, 1.54) is 21.6 Å². The van der Waals surface area contributed by atoms with Crippen molar-refractivity contribution in [1.82, 2.24) is 10.4 Å². The van der Waals surface area contributed by atoms with E-state index < -0.39 is 0 Å². The minimum Gasteiger partial charge on any atom is -0.271 e. The summed E-state index contributed by atoms with van der Waals surface area (Å²) in [6.45, 7) is 4.28. The Morgan fingerprint density at radius 2 is 2.06 bits per heavy atom. The van der Waals surface area contributed by atoms with Gasteiger partial charge in [0.25, 0.3) is 0 Å². The molecule has 2 rings (SSSR count). The van der Waals surface area contributed by atoms with E-state index in [1.54, 1.807) is 11.3 Å². The smallest absolute Gasteiger partial charge is 0.0794 e. The number of hydrogen-bond acceptors (Lipinski definition) is 4. The zero-order valence-corrected chi connectivity index (χ0v) is 10.9. The number of aryl methyl sites for hydroxylation is 2. The van der Waals surface area contributed by atoms with E-state index in [0.29, 0.717) is 0 Å². The fourth-order valence-electron chi connectivity index (χ4n) is 2.01. The summed E-state index contributed by atoms with van der Waals surface area (Å²) in [5.41, 5.74) is 8.71. The highest BCUT2D eigenvalue weighted by Crippen LogP contribution is 2.24. The molecule has 0 radical (unpaired) electrons. The predicted molar refractivity (Wildman–Crippen MR) is 71.8 cm³/mol. The standard InChI is InChI=1S/C13H17N3S/c1-9-4-3-5-10(2)11(9)6-12(16-14)13-7-15-8-17-13/h3-5,7-8,12,16H,6,14H2,1-2H3. The lowest BCUT2D eigenvalue weighted by Gasteiger charge is -2.17. The zero-order valence-electron chi connectivity index (χ0n) is 10.1. The van der Waals surface area contributed by atoms with Crippen molar-refractivity contribution < 1.29 is 0 Å². The first-order chi connectivity index (χ1) is 8.22. The molecule has 1 aromatic carbocycles. The summed E-state index contributed by atoms with van der Waals surface area (Å²) in [4.78, 5) is 5.28. The van der Waals surface area contributed by atoms with Gasteiger partial charge in [-0.3, -0.25) is 16.3 Å². The normalized spacial score (nSPS) is 12.6. The van der Waals surface area contributed by atoms with Crippen molar-refractivity contribution in [3.05, 3.63) is 51.5 Å². The number of hydrogen-bond donors (Lipinski definition) is 2. The average Bonchev–Trinajstić information content (AvgIpc) is 2.82. The van der Waals surface area contributed by atoms with Crippen LogP contribution >= 0.6 is 11.3 Å². The molecule has 0 aliphatic heterocycles. The van der Waals surface area contributed by atoms with Crippen molar-refractivity contribution in [2.45, 2.75) is 26.3 Å². The Labute approximate surface area is 106 Å². The number of aromatic nitrogens is 1. The maximum Gasteiger partial charge on any atom is 0.0794 e. The summed E-state index contributed by atoms with van der Waals surface area (Å²) in [6, 6.07) is 6.51. The van der Waals surface area contributed by atoms with E-state index in [9.17, 15) is 0 Å². The van der Waals surface area contributed by atoms with Crippen LogP contribution in [-0.2, 0) is 6.42 Å². The molecule has 3 N–H and O–H groups in total. The van der Waals surface area contributed by atoms with E-state index in [1.807, 2.05) is 11.7 Å². The number of nitrogens with one attached hydrogen (secondary N) is 1. The van der Waals surface area contributed by atoms with Gasteiger partial charge in [0, 0.05) is 11.1 Å². The van der Waals surface area contributed by atoms with Crippen molar-refractivity contribution in [2.24, 2.45) is 5.84 Å². The van der Waals surface area contributed by atoms with Gasteiger partial charge in [-0.2, -0.15) is 0 Å². The fourth-order valence-corrected chi connectivity index (χ4v) is 2.70. The van der Waals surface area contributed by atoms with Gasteiger partial charge >= 0.3 is 0 Å². The molecule has 1 heterocycles. The summed E-state index contributed by atoms with van der Waals surface area (Å²) >= 11 is 1.63. The first kappa shape index (κ1) is 12.2. The van der Waals surface area contributed by atoms with Gasteiger partial charge in [-0.05, 0) is 37.0 Å². The van der Waals surface area contributed by atoms with E-state index in [0.717, 1.165) is 6.42 Å². The van der Waals surface area contributed by atoms with Crippen LogP contribution in [0.15, 0.2) is 29.9 Å². The van der Waals surface area contributed by atoms with Crippen LogP contribution in [0.2, 0.25) is 0 Å². The summed E-state index contributed by atoms with van der Waals surface area (Å²) < 4.78 is 0. The largest absolute Gasteiger partial charge is 0.271 e. The third-order valence-electron chi connectivity index (χ3n) is 3.05. The van der Waals surface area contributed by atoms with Crippen molar-refractivity contribution in [3.63, 3.8) is 0 Å². The molecule has 0 saturated carbocycles. The van der Waals surface area contributed by atoms with E-state index in [4.69, 9.17) is 5.84 Å². The number of hydrazine groups is 1. The van der Waals surface area contributed by atoms with Gasteiger partial charge in [-0.25, -0.2) is 0 Å². The zero-order chi connectivity index (χ0) is 12.3. The first-order valence-corrected chi connectivity index (χ1v) is 6.50. The molecule has 0 saturated heterocycles. The third kappa shape index (κ3) is 2.72. The molecular weight excluding hydrogens is 230 g/mol. The van der Waals surface area contributed by atoms with Crippen LogP contribution in [0.25, 0.3) is 0 Å². The minimum absolute atomic E-state index is 0.141. The maximum absolute atomic E-state index is 5.64. The monoisotopic (exact) mass is 247 g/mol. The quantitative estimate of drug-likeness (QED) is 0.644. The Kier molecular flexibility index (Phi) is 3.89. The molecule has 1 atom stereocenters. The molecule has 0 aliphatic carbocycles. The molecule has 2 aromatic rings. The minimum atomic E-state index is 0.141. The van der Waals surface area contributed by atoms with Crippen molar-refractivity contribution in [3.8, 4) is 0 Å². The second-order valence-electron chi connectivity index (χ2n) is 4.20. The fraction of sp³-hybridized carbons (Fsp3) is 0.308. The highest BCUT2D eigenvalue weighted by atomic mass is 32.1. The Balaban J connectivity index is 2.25. The van der Waals surface area contributed by atoms with E-state index >= 15 is 0 Å². The summed E-state index contributed by atoms with van der Waals surface area (Å²) in [5, 5.41) is 0. The Hall–Kier alpha value is -1.23. The Morgan fingerprint density at radius 3 is 2.59 bits per heavy atom. The maximum atomic E-state index is 5.64. The third-order valence-corrected chi connectivity index (χ3v) is 3.94. The lowest BCUT2D eigenvalue weighted by atomic mass is 9.96. The number of rotatable bonds is 4. The highest BCUT2D eigenvalue weighted by molar-refractivity contribution is 7.09. The molecular formula is C13H17N3S. The van der Waals surface area contributed by atoms with Gasteiger partial charge in [0.2, 0.25) is 0 Å². The Bertz CT molecular complexity index is 459. The second kappa shape index (κ2) is 5.40. The molecule has 0 fully saturated rings. The first-order valence-electron chi connectivity index (χ1n) is 5.62. The van der Waals surface area contributed by atoms with Crippen LogP contribution in [0.1, 0.15) is 27.6 Å². The van der Waals surface area contributed by atoms with Crippen LogP contribution in [0, 0.1) is 13.8 Å². The molecule has 90 valence electrons. The van der Waals surface area contributed by atoms with Gasteiger partial charge in [0.15, 0.2) is 0 Å². The van der Waals surface area contributed by atoms with Crippen LogP contribution in [0.5, 0.6) is 0 Å². The number of nitrogens with two attached hydrogens (primary N) is 1. The second-order valence-corrected chi connectivity index (χ2v) is 5.12. The molecule has 17 heavy (non-hydrogen) atoms. The van der Waals surface area contributed by atoms with Gasteiger partial charge < -0.3 is 0 Å². The van der Waals surface area contributed by atoms with E-state index in [2.05, 4.69) is 42.5 Å². The highest BCUT2D eigenvalue weighted by Gasteiger charge is 2.14. The molecule has 0 amide bonds. The SMILES string of the molecule is Cc1cccc(C)c1CC(NN)c1cncs1.